The zero-order chi connectivity index (χ0) is 14.0. The molecule has 0 bridgehead atoms. The van der Waals surface area contributed by atoms with Gasteiger partial charge in [0.15, 0.2) is 0 Å². The highest BCUT2D eigenvalue weighted by molar-refractivity contribution is 7.53. The summed E-state index contributed by atoms with van der Waals surface area (Å²) in [5, 5.41) is 0.814. The Morgan fingerprint density at radius 1 is 1.32 bits per heavy atom. The van der Waals surface area contributed by atoms with Crippen LogP contribution in [0.2, 0.25) is 0 Å². The van der Waals surface area contributed by atoms with Crippen molar-refractivity contribution < 1.29 is 18.0 Å². The van der Waals surface area contributed by atoms with Crippen LogP contribution in [0.4, 0.5) is 0 Å². The van der Waals surface area contributed by atoms with E-state index in [1.807, 2.05) is 6.92 Å². The van der Waals surface area contributed by atoms with Crippen LogP contribution in [0.5, 0.6) is 5.75 Å². The van der Waals surface area contributed by atoms with E-state index in [4.69, 9.17) is 13.5 Å². The number of aryl methyl sites for hydroxylation is 1. The fourth-order valence-electron chi connectivity index (χ4n) is 1.81. The van der Waals surface area contributed by atoms with Crippen LogP contribution < -0.4 is 10.1 Å². The third-order valence-corrected chi connectivity index (χ3v) is 3.83. The molecule has 0 radical (unpaired) electrons. The molecule has 0 amide bonds. The Kier molecular flexibility index (Phi) is 3.78. The summed E-state index contributed by atoms with van der Waals surface area (Å²) in [4.78, 5) is 11.3. The van der Waals surface area contributed by atoms with Crippen LogP contribution in [0.1, 0.15) is 12.5 Å². The fourth-order valence-corrected chi connectivity index (χ4v) is 2.83. The summed E-state index contributed by atoms with van der Waals surface area (Å²) in [6.45, 7) is 5.26. The van der Waals surface area contributed by atoms with E-state index in [0.29, 0.717) is 17.9 Å². The van der Waals surface area contributed by atoms with Gasteiger partial charge in [0.2, 0.25) is 0 Å². The van der Waals surface area contributed by atoms with Crippen LogP contribution >= 0.6 is 7.60 Å². The topological polar surface area (TPSA) is 65.7 Å². The van der Waals surface area contributed by atoms with Crippen LogP contribution in [-0.4, -0.2) is 13.3 Å². The molecule has 1 unspecified atom stereocenters. The van der Waals surface area contributed by atoms with Crippen molar-refractivity contribution in [1.29, 1.82) is 0 Å². The molecule has 1 heterocycles. The summed E-state index contributed by atoms with van der Waals surface area (Å²) in [5.74, 6) is 0.348. The number of rotatable bonds is 4. The van der Waals surface area contributed by atoms with Crippen molar-refractivity contribution in [2.45, 2.75) is 13.8 Å². The van der Waals surface area contributed by atoms with E-state index in [-0.39, 0.29) is 0 Å². The molecule has 0 aliphatic carbocycles. The summed E-state index contributed by atoms with van der Waals surface area (Å²) in [7, 11) is -3.14. The summed E-state index contributed by atoms with van der Waals surface area (Å²) in [5.41, 5.74) is 0.799. The van der Waals surface area contributed by atoms with Crippen LogP contribution in [0.3, 0.4) is 0 Å². The van der Waals surface area contributed by atoms with Gasteiger partial charge < -0.3 is 13.5 Å². The molecule has 2 aromatic rings. The molecule has 0 spiro atoms. The second-order valence-electron chi connectivity index (χ2n) is 4.19. The van der Waals surface area contributed by atoms with Gasteiger partial charge in [0.05, 0.1) is 6.61 Å². The van der Waals surface area contributed by atoms with E-state index in [9.17, 15) is 9.36 Å². The quantitative estimate of drug-likeness (QED) is 0.635. The van der Waals surface area contributed by atoms with E-state index in [2.05, 4.69) is 0 Å². The van der Waals surface area contributed by atoms with Crippen molar-refractivity contribution in [3.05, 3.63) is 40.2 Å². The Hall–Kier alpha value is -1.58. The molecule has 19 heavy (non-hydrogen) atoms. The normalized spacial score (nSPS) is 14.3. The van der Waals surface area contributed by atoms with Crippen molar-refractivity contribution in [3.63, 3.8) is 0 Å². The fraction of sp³-hybridized carbons (Fsp3) is 0.308. The standard InChI is InChI=1S/C13H15O5P/c1-4-16-19(3,15)18-10-5-6-11-9(2)7-13(14)17-12(11)8-10/h5-8H,4H2,1-3H3. The maximum atomic E-state index is 11.9. The minimum absolute atomic E-state index is 0.301. The number of hydrogen-bond donors (Lipinski definition) is 0. The summed E-state index contributed by atoms with van der Waals surface area (Å²) < 4.78 is 27.3. The molecule has 1 aromatic heterocycles. The van der Waals surface area contributed by atoms with Crippen molar-refractivity contribution in [2.24, 2.45) is 0 Å². The zero-order valence-corrected chi connectivity index (χ0v) is 11.9. The highest BCUT2D eigenvalue weighted by Crippen LogP contribution is 2.44. The Labute approximate surface area is 110 Å². The number of hydrogen-bond acceptors (Lipinski definition) is 5. The SMILES string of the molecule is CCOP(C)(=O)Oc1ccc2c(C)cc(=O)oc2c1. The smallest absolute Gasteiger partial charge is 0.376 e. The Morgan fingerprint density at radius 2 is 2.05 bits per heavy atom. The van der Waals surface area contributed by atoms with Gasteiger partial charge in [-0.1, -0.05) is 0 Å². The third-order valence-electron chi connectivity index (χ3n) is 2.56. The van der Waals surface area contributed by atoms with Gasteiger partial charge in [-0.2, -0.15) is 0 Å². The van der Waals surface area contributed by atoms with Crippen LogP contribution in [0, 0.1) is 6.92 Å². The lowest BCUT2D eigenvalue weighted by Gasteiger charge is -2.14. The van der Waals surface area contributed by atoms with E-state index < -0.39 is 13.2 Å². The molecular formula is C13H15O5P. The molecule has 5 nitrogen and oxygen atoms in total. The second kappa shape index (κ2) is 5.19. The van der Waals surface area contributed by atoms with E-state index in [1.165, 1.54) is 12.7 Å². The van der Waals surface area contributed by atoms with Crippen molar-refractivity contribution in [3.8, 4) is 5.75 Å². The lowest BCUT2D eigenvalue weighted by molar-refractivity contribution is 0.284. The lowest BCUT2D eigenvalue weighted by Crippen LogP contribution is -1.99. The van der Waals surface area contributed by atoms with E-state index in [0.717, 1.165) is 10.9 Å². The molecule has 0 aliphatic heterocycles. The minimum Gasteiger partial charge on any atom is -0.424 e. The molecular weight excluding hydrogens is 267 g/mol. The molecule has 102 valence electrons. The highest BCUT2D eigenvalue weighted by atomic mass is 31.2. The molecule has 0 saturated carbocycles. The van der Waals surface area contributed by atoms with Gasteiger partial charge in [-0.15, -0.1) is 0 Å². The Bertz CT molecular complexity index is 704. The zero-order valence-electron chi connectivity index (χ0n) is 11.0. The average Bonchev–Trinajstić information content (AvgIpc) is 2.26. The predicted molar refractivity (Wildman–Crippen MR) is 73.0 cm³/mol. The monoisotopic (exact) mass is 282 g/mol. The molecule has 2 rings (SSSR count). The van der Waals surface area contributed by atoms with Crippen LogP contribution in [0.25, 0.3) is 11.0 Å². The van der Waals surface area contributed by atoms with Crippen molar-refractivity contribution in [2.75, 3.05) is 13.3 Å². The molecule has 0 N–H and O–H groups in total. The van der Waals surface area contributed by atoms with Crippen molar-refractivity contribution >= 4 is 18.6 Å². The maximum absolute atomic E-state index is 11.9. The highest BCUT2D eigenvalue weighted by Gasteiger charge is 2.18. The minimum atomic E-state index is -3.14. The van der Waals surface area contributed by atoms with Crippen LogP contribution in [0.15, 0.2) is 33.5 Å². The number of fused-ring (bicyclic) bond motifs is 1. The predicted octanol–water partition coefficient (Wildman–Crippen LogP) is 3.34. The molecule has 1 aromatic carbocycles. The van der Waals surface area contributed by atoms with E-state index in [1.54, 1.807) is 25.1 Å². The molecule has 0 aliphatic rings. The first-order chi connectivity index (χ1) is 8.91. The van der Waals surface area contributed by atoms with Gasteiger partial charge in [0.25, 0.3) is 0 Å². The average molecular weight is 282 g/mol. The van der Waals surface area contributed by atoms with Crippen molar-refractivity contribution in [1.82, 2.24) is 0 Å². The molecule has 0 saturated heterocycles. The Morgan fingerprint density at radius 3 is 2.74 bits per heavy atom. The van der Waals surface area contributed by atoms with Gasteiger partial charge in [-0.3, -0.25) is 0 Å². The molecule has 1 atom stereocenters. The number of benzene rings is 1. The summed E-state index contributed by atoms with van der Waals surface area (Å²) in [6.07, 6.45) is 0. The largest absolute Gasteiger partial charge is 0.424 e. The first-order valence-electron chi connectivity index (χ1n) is 5.87. The van der Waals surface area contributed by atoms with Gasteiger partial charge in [0.1, 0.15) is 11.3 Å². The lowest BCUT2D eigenvalue weighted by atomic mass is 10.1. The third kappa shape index (κ3) is 3.25. The first-order valence-corrected chi connectivity index (χ1v) is 7.86. The second-order valence-corrected chi connectivity index (χ2v) is 6.17. The van der Waals surface area contributed by atoms with Gasteiger partial charge in [-0.05, 0) is 31.5 Å². The van der Waals surface area contributed by atoms with Gasteiger partial charge in [-0.25, -0.2) is 9.36 Å². The molecule has 6 heteroatoms. The maximum Gasteiger partial charge on any atom is 0.376 e. The Balaban J connectivity index is 2.42. The molecule has 0 fully saturated rings. The van der Waals surface area contributed by atoms with Gasteiger partial charge >= 0.3 is 13.2 Å². The summed E-state index contributed by atoms with van der Waals surface area (Å²) in [6, 6.07) is 6.39. The summed E-state index contributed by atoms with van der Waals surface area (Å²) >= 11 is 0. The van der Waals surface area contributed by atoms with Gasteiger partial charge in [0, 0.05) is 24.2 Å². The van der Waals surface area contributed by atoms with E-state index >= 15 is 0 Å². The first kappa shape index (κ1) is 13.8. The van der Waals surface area contributed by atoms with Crippen LogP contribution in [-0.2, 0) is 9.09 Å².